The number of para-hydroxylation sites is 1. The van der Waals surface area contributed by atoms with E-state index in [9.17, 15) is 14.7 Å². The summed E-state index contributed by atoms with van der Waals surface area (Å²) in [5.74, 6) is -0.484. The fourth-order valence-corrected chi connectivity index (χ4v) is 3.36. The number of hydrogen-bond donors (Lipinski definition) is 3. The zero-order chi connectivity index (χ0) is 18.7. The summed E-state index contributed by atoms with van der Waals surface area (Å²) in [5.41, 5.74) is 1.79. The van der Waals surface area contributed by atoms with E-state index in [0.717, 1.165) is 12.1 Å². The van der Waals surface area contributed by atoms with Gasteiger partial charge in [-0.3, -0.25) is 9.59 Å². The summed E-state index contributed by atoms with van der Waals surface area (Å²) < 4.78 is 0. The lowest BCUT2D eigenvalue weighted by Crippen LogP contribution is -2.33. The Bertz CT molecular complexity index is 840. The van der Waals surface area contributed by atoms with E-state index in [2.05, 4.69) is 28.2 Å². The second-order valence-electron chi connectivity index (χ2n) is 6.23. The highest BCUT2D eigenvalue weighted by Crippen LogP contribution is 2.32. The number of phenols is 1. The molecule has 0 atom stereocenters. The van der Waals surface area contributed by atoms with Gasteiger partial charge in [-0.15, -0.1) is 11.8 Å². The van der Waals surface area contributed by atoms with Gasteiger partial charge in [0.15, 0.2) is 11.5 Å². The molecule has 2 aliphatic rings. The van der Waals surface area contributed by atoms with Gasteiger partial charge < -0.3 is 20.6 Å². The fraction of sp³-hybridized carbons (Fsp3) is 0.263. The molecule has 26 heavy (non-hydrogen) atoms. The number of benzene rings is 1. The van der Waals surface area contributed by atoms with Crippen LogP contribution in [-0.4, -0.2) is 42.3 Å². The van der Waals surface area contributed by atoms with Crippen LogP contribution in [0, 0.1) is 0 Å². The van der Waals surface area contributed by atoms with E-state index < -0.39 is 0 Å². The molecule has 0 aromatic heterocycles. The van der Waals surface area contributed by atoms with Crippen molar-refractivity contribution in [2.24, 2.45) is 0 Å². The Balaban J connectivity index is 1.74. The molecule has 1 aliphatic heterocycles. The molecule has 3 N–H and O–H groups in total. The fourth-order valence-electron chi connectivity index (χ4n) is 2.63. The third kappa shape index (κ3) is 3.77. The van der Waals surface area contributed by atoms with Crippen molar-refractivity contribution in [2.75, 3.05) is 26.0 Å². The maximum Gasteiger partial charge on any atom is 0.257 e. The van der Waals surface area contributed by atoms with Crippen LogP contribution in [0.15, 0.2) is 52.1 Å². The molecule has 0 unspecified atom stereocenters. The molecule has 1 aliphatic carbocycles. The van der Waals surface area contributed by atoms with E-state index >= 15 is 0 Å². The predicted molar refractivity (Wildman–Crippen MR) is 104 cm³/mol. The highest BCUT2D eigenvalue weighted by molar-refractivity contribution is 8.05. The van der Waals surface area contributed by atoms with Crippen molar-refractivity contribution in [1.29, 1.82) is 0 Å². The maximum absolute atomic E-state index is 12.1. The summed E-state index contributed by atoms with van der Waals surface area (Å²) in [6.07, 6.45) is 5.51. The number of ketones is 1. The number of thioether (sulfide) groups is 1. The molecule has 1 aromatic rings. The number of hydrogen-bond acceptors (Lipinski definition) is 6. The third-order valence-electron chi connectivity index (χ3n) is 4.12. The quantitative estimate of drug-likeness (QED) is 0.667. The van der Waals surface area contributed by atoms with Crippen LogP contribution >= 0.6 is 11.8 Å². The van der Waals surface area contributed by atoms with E-state index in [0.29, 0.717) is 24.4 Å². The first-order chi connectivity index (χ1) is 12.5. The average Bonchev–Trinajstić information content (AvgIpc) is 2.64. The molecule has 3 rings (SSSR count). The second-order valence-corrected chi connectivity index (χ2v) is 7.26. The molecular weight excluding hydrogens is 350 g/mol. The van der Waals surface area contributed by atoms with Crippen LogP contribution < -0.4 is 10.6 Å². The van der Waals surface area contributed by atoms with Gasteiger partial charge in [0, 0.05) is 31.2 Å². The number of rotatable bonds is 6. The summed E-state index contributed by atoms with van der Waals surface area (Å²) in [6.45, 7) is 0.661. The first-order valence-corrected chi connectivity index (χ1v) is 9.17. The molecule has 0 saturated heterocycles. The number of anilines is 1. The van der Waals surface area contributed by atoms with Crippen molar-refractivity contribution in [2.45, 2.75) is 12.8 Å². The van der Waals surface area contributed by atoms with Crippen LogP contribution in [0.1, 0.15) is 23.2 Å². The standard InChI is InChI=1S/C19H21N3O3S/c1-22(2)19(25)13-7-5-8-14(18(13)24)21-17-15(10-16(17)23)20-11-12-6-3-4-9-26-12/h4-9,20-21,24H,3,10-11H2,1-2H3. The highest BCUT2D eigenvalue weighted by atomic mass is 32.2. The Hall–Kier alpha value is -2.67. The van der Waals surface area contributed by atoms with Crippen molar-refractivity contribution < 1.29 is 14.7 Å². The number of Topliss-reactive ketones (excluding diaryl/α,β-unsaturated/α-hetero) is 1. The van der Waals surface area contributed by atoms with Gasteiger partial charge in [-0.25, -0.2) is 0 Å². The molecule has 1 heterocycles. The van der Waals surface area contributed by atoms with Gasteiger partial charge in [0.05, 0.1) is 17.7 Å². The summed E-state index contributed by atoms with van der Waals surface area (Å²) in [4.78, 5) is 26.7. The molecule has 1 amide bonds. The summed E-state index contributed by atoms with van der Waals surface area (Å²) in [6, 6.07) is 4.87. The zero-order valence-electron chi connectivity index (χ0n) is 14.7. The number of carbonyl (C=O) groups is 2. The number of amides is 1. The number of phenolic OH excluding ortho intramolecular Hbond substituents is 1. The van der Waals surface area contributed by atoms with Crippen LogP contribution in [0.25, 0.3) is 0 Å². The molecule has 7 heteroatoms. The lowest BCUT2D eigenvalue weighted by molar-refractivity contribution is -0.116. The van der Waals surface area contributed by atoms with Crippen molar-refractivity contribution >= 4 is 29.1 Å². The van der Waals surface area contributed by atoms with Gasteiger partial charge in [0.1, 0.15) is 5.70 Å². The van der Waals surface area contributed by atoms with Gasteiger partial charge >= 0.3 is 0 Å². The van der Waals surface area contributed by atoms with E-state index in [1.54, 1.807) is 44.1 Å². The lowest BCUT2D eigenvalue weighted by Gasteiger charge is -2.26. The van der Waals surface area contributed by atoms with Crippen molar-refractivity contribution in [1.82, 2.24) is 10.2 Å². The van der Waals surface area contributed by atoms with E-state index in [1.165, 1.54) is 9.81 Å². The number of nitrogens with one attached hydrogen (secondary N) is 2. The highest BCUT2D eigenvalue weighted by Gasteiger charge is 2.28. The topological polar surface area (TPSA) is 81.7 Å². The monoisotopic (exact) mass is 371 g/mol. The van der Waals surface area contributed by atoms with Crippen LogP contribution in [0.3, 0.4) is 0 Å². The molecule has 0 radical (unpaired) electrons. The van der Waals surface area contributed by atoms with Crippen molar-refractivity contribution in [3.8, 4) is 5.75 Å². The summed E-state index contributed by atoms with van der Waals surface area (Å²) in [7, 11) is 3.24. The molecule has 6 nitrogen and oxygen atoms in total. The minimum absolute atomic E-state index is 0.0265. The largest absolute Gasteiger partial charge is 0.505 e. The molecule has 0 bridgehead atoms. The molecule has 1 aromatic carbocycles. The number of nitrogens with zero attached hydrogens (tertiary/aromatic N) is 1. The number of allylic oxidation sites excluding steroid dienone is 4. The molecule has 0 fully saturated rings. The van der Waals surface area contributed by atoms with Crippen LogP contribution in [0.5, 0.6) is 5.75 Å². The Labute approximate surface area is 156 Å². The average molecular weight is 371 g/mol. The molecular formula is C19H21N3O3S. The number of aromatic hydroxyl groups is 1. The minimum atomic E-state index is -0.298. The second kappa shape index (κ2) is 7.70. The van der Waals surface area contributed by atoms with Crippen molar-refractivity contribution in [3.63, 3.8) is 0 Å². The SMILES string of the molecule is CN(C)C(=O)c1cccc(NC2=C(NCC3=CCC=CS3)CC2=O)c1O. The first kappa shape index (κ1) is 18.1. The van der Waals surface area contributed by atoms with Gasteiger partial charge in [0.2, 0.25) is 0 Å². The normalized spacial score (nSPS) is 16.1. The Morgan fingerprint density at radius 1 is 1.35 bits per heavy atom. The summed E-state index contributed by atoms with van der Waals surface area (Å²) in [5, 5.41) is 18.7. The Morgan fingerprint density at radius 3 is 2.81 bits per heavy atom. The van der Waals surface area contributed by atoms with Crippen LogP contribution in [-0.2, 0) is 4.79 Å². The maximum atomic E-state index is 12.1. The zero-order valence-corrected chi connectivity index (χ0v) is 15.5. The van der Waals surface area contributed by atoms with Gasteiger partial charge in [-0.05, 0) is 24.0 Å². The minimum Gasteiger partial charge on any atom is -0.505 e. The first-order valence-electron chi connectivity index (χ1n) is 8.29. The third-order valence-corrected chi connectivity index (χ3v) is 5.07. The molecule has 0 saturated carbocycles. The number of carbonyl (C=O) groups excluding carboxylic acids is 2. The van der Waals surface area contributed by atoms with E-state index in [4.69, 9.17) is 0 Å². The van der Waals surface area contributed by atoms with Crippen LogP contribution in [0.2, 0.25) is 0 Å². The Morgan fingerprint density at radius 2 is 2.15 bits per heavy atom. The smallest absolute Gasteiger partial charge is 0.257 e. The lowest BCUT2D eigenvalue weighted by atomic mass is 9.98. The van der Waals surface area contributed by atoms with E-state index in [-0.39, 0.29) is 23.0 Å². The predicted octanol–water partition coefficient (Wildman–Crippen LogP) is 2.81. The molecule has 0 spiro atoms. The van der Waals surface area contributed by atoms with Gasteiger partial charge in [-0.2, -0.15) is 0 Å². The van der Waals surface area contributed by atoms with Gasteiger partial charge in [-0.1, -0.05) is 18.2 Å². The summed E-state index contributed by atoms with van der Waals surface area (Å²) >= 11 is 1.66. The Kier molecular flexibility index (Phi) is 5.37. The van der Waals surface area contributed by atoms with Gasteiger partial charge in [0.25, 0.3) is 5.91 Å². The van der Waals surface area contributed by atoms with Crippen LogP contribution in [0.4, 0.5) is 5.69 Å². The molecule has 136 valence electrons. The van der Waals surface area contributed by atoms with E-state index in [1.807, 2.05) is 0 Å². The van der Waals surface area contributed by atoms with Crippen molar-refractivity contribution in [3.05, 3.63) is 57.6 Å².